The van der Waals surface area contributed by atoms with Crippen LogP contribution in [0.25, 0.3) is 0 Å². The van der Waals surface area contributed by atoms with E-state index in [-0.39, 0.29) is 10.6 Å². The van der Waals surface area contributed by atoms with Gasteiger partial charge in [-0.3, -0.25) is 4.79 Å². The Hall–Kier alpha value is -0.890. The fraction of sp³-hybridized carbons (Fsp3) is 0. The summed E-state index contributed by atoms with van der Waals surface area (Å²) in [4.78, 5) is 10.5. The maximum Gasteiger partial charge on any atom is 0.167 e. The maximum atomic E-state index is 12.5. The largest absolute Gasteiger partial charge is 0.294 e. The molecule has 0 saturated carbocycles. The van der Waals surface area contributed by atoms with Crippen LogP contribution in [0.2, 0.25) is 5.02 Å². The van der Waals surface area contributed by atoms with Crippen LogP contribution in [0, 0.1) is 12.7 Å². The molecule has 0 unspecified atom stereocenters. The molecule has 0 aliphatic heterocycles. The number of Topliss-reactive ketones (excluding diaryl/α,β-unsaturated/α-hetero) is 1. The van der Waals surface area contributed by atoms with Crippen LogP contribution < -0.4 is 0 Å². The molecule has 0 aromatic heterocycles. The number of carbonyl (C=O) groups is 1. The van der Waals surface area contributed by atoms with Crippen molar-refractivity contribution in [3.8, 4) is 0 Å². The average molecular weight is 171 g/mol. The molecular weight excluding hydrogens is 167 g/mol. The van der Waals surface area contributed by atoms with E-state index in [1.807, 2.05) is 0 Å². The van der Waals surface area contributed by atoms with E-state index in [1.54, 1.807) is 0 Å². The predicted octanol–water partition coefficient (Wildman–Crippen LogP) is 2.37. The highest BCUT2D eigenvalue weighted by molar-refractivity contribution is 6.31. The molecule has 1 nitrogen and oxygen atoms in total. The van der Waals surface area contributed by atoms with E-state index in [0.717, 1.165) is 6.07 Å². The Morgan fingerprint density at radius 3 is 2.64 bits per heavy atom. The lowest BCUT2D eigenvalue weighted by Gasteiger charge is -1.95. The summed E-state index contributed by atoms with van der Waals surface area (Å²) >= 11 is 5.38. The first-order valence-electron chi connectivity index (χ1n) is 2.86. The molecule has 0 spiro atoms. The van der Waals surface area contributed by atoms with Crippen molar-refractivity contribution in [2.24, 2.45) is 0 Å². The lowest BCUT2D eigenvalue weighted by atomic mass is 10.1. The normalized spacial score (nSPS) is 9.73. The van der Waals surface area contributed by atoms with Gasteiger partial charge in [-0.05, 0) is 18.2 Å². The standard InChI is InChI=1S/C8H4ClFO/c1-5(11)6-2-3-8(10)7(9)4-6/h1-4H. The van der Waals surface area contributed by atoms with Gasteiger partial charge < -0.3 is 0 Å². The second-order valence-corrected chi connectivity index (χ2v) is 2.40. The van der Waals surface area contributed by atoms with Gasteiger partial charge in [-0.25, -0.2) is 4.39 Å². The minimum absolute atomic E-state index is 0.0960. The third-order valence-electron chi connectivity index (χ3n) is 1.20. The molecule has 3 heteroatoms. The van der Waals surface area contributed by atoms with Gasteiger partial charge in [0.2, 0.25) is 0 Å². The summed E-state index contributed by atoms with van der Waals surface area (Å²) < 4.78 is 12.5. The molecule has 56 valence electrons. The molecule has 1 aromatic carbocycles. The zero-order valence-electron chi connectivity index (χ0n) is 5.47. The summed E-state index contributed by atoms with van der Waals surface area (Å²) in [5, 5.41) is -0.0960. The van der Waals surface area contributed by atoms with Crippen molar-refractivity contribution in [2.75, 3.05) is 0 Å². The fourth-order valence-electron chi connectivity index (χ4n) is 0.649. The summed E-state index contributed by atoms with van der Waals surface area (Å²) in [6, 6.07) is 3.57. The first-order chi connectivity index (χ1) is 5.11. The van der Waals surface area contributed by atoms with E-state index in [2.05, 4.69) is 0 Å². The van der Waals surface area contributed by atoms with Gasteiger partial charge in [0.25, 0.3) is 0 Å². The van der Waals surface area contributed by atoms with Crippen LogP contribution in [-0.2, 0) is 0 Å². The second-order valence-electron chi connectivity index (χ2n) is 1.99. The third-order valence-corrected chi connectivity index (χ3v) is 1.49. The van der Waals surface area contributed by atoms with Crippen LogP contribution >= 0.6 is 11.6 Å². The Balaban J connectivity index is 3.15. The van der Waals surface area contributed by atoms with E-state index < -0.39 is 11.6 Å². The summed E-state index contributed by atoms with van der Waals surface area (Å²) in [5.74, 6) is -1.18. The smallest absolute Gasteiger partial charge is 0.167 e. The topological polar surface area (TPSA) is 17.1 Å². The van der Waals surface area contributed by atoms with Crippen LogP contribution in [0.3, 0.4) is 0 Å². The Morgan fingerprint density at radius 1 is 1.55 bits per heavy atom. The molecule has 0 atom stereocenters. The number of benzene rings is 1. The molecule has 0 N–H and O–H groups in total. The molecule has 2 radical (unpaired) electrons. The zero-order valence-corrected chi connectivity index (χ0v) is 6.23. The zero-order chi connectivity index (χ0) is 8.43. The molecule has 0 bridgehead atoms. The van der Waals surface area contributed by atoms with Crippen molar-refractivity contribution in [3.05, 3.63) is 41.5 Å². The van der Waals surface area contributed by atoms with Crippen molar-refractivity contribution >= 4 is 17.4 Å². The molecule has 0 fully saturated rings. The Labute approximate surface area is 68.8 Å². The molecular formula is C8H4ClFO. The molecule has 0 amide bonds. The number of halogens is 2. The van der Waals surface area contributed by atoms with E-state index in [4.69, 9.17) is 18.5 Å². The van der Waals surface area contributed by atoms with Crippen LogP contribution in [0.1, 0.15) is 10.4 Å². The first-order valence-corrected chi connectivity index (χ1v) is 3.24. The number of hydrogen-bond acceptors (Lipinski definition) is 1. The Kier molecular flexibility index (Phi) is 2.25. The molecule has 11 heavy (non-hydrogen) atoms. The number of rotatable bonds is 1. The summed E-state index contributed by atoms with van der Waals surface area (Å²) in [7, 11) is 0. The van der Waals surface area contributed by atoms with Gasteiger partial charge in [0.15, 0.2) is 5.78 Å². The summed E-state index contributed by atoms with van der Waals surface area (Å²) in [6.07, 6.45) is 0. The number of hydrogen-bond donors (Lipinski definition) is 0. The lowest BCUT2D eigenvalue weighted by molar-refractivity contribution is 0.104. The van der Waals surface area contributed by atoms with Crippen LogP contribution in [0.15, 0.2) is 18.2 Å². The third kappa shape index (κ3) is 1.77. The quantitative estimate of drug-likeness (QED) is 0.592. The SMILES string of the molecule is [CH]C(=O)c1ccc(F)c(Cl)c1. The Bertz CT molecular complexity index is 296. The molecule has 1 rings (SSSR count). The van der Waals surface area contributed by atoms with Gasteiger partial charge in [-0.2, -0.15) is 0 Å². The molecule has 0 heterocycles. The van der Waals surface area contributed by atoms with Gasteiger partial charge in [0, 0.05) is 12.5 Å². The van der Waals surface area contributed by atoms with Crippen LogP contribution in [0.4, 0.5) is 4.39 Å². The van der Waals surface area contributed by atoms with E-state index >= 15 is 0 Å². The predicted molar refractivity (Wildman–Crippen MR) is 40.0 cm³/mol. The van der Waals surface area contributed by atoms with E-state index in [1.165, 1.54) is 12.1 Å². The molecule has 1 aromatic rings. The monoisotopic (exact) mass is 170 g/mol. The van der Waals surface area contributed by atoms with Crippen molar-refractivity contribution in [1.82, 2.24) is 0 Å². The van der Waals surface area contributed by atoms with Crippen LogP contribution in [0.5, 0.6) is 0 Å². The van der Waals surface area contributed by atoms with Gasteiger partial charge >= 0.3 is 0 Å². The molecule has 0 aliphatic carbocycles. The highest BCUT2D eigenvalue weighted by Gasteiger charge is 2.03. The van der Waals surface area contributed by atoms with Crippen molar-refractivity contribution < 1.29 is 9.18 Å². The number of ketones is 1. The van der Waals surface area contributed by atoms with Gasteiger partial charge in [0.1, 0.15) is 5.82 Å². The van der Waals surface area contributed by atoms with Crippen molar-refractivity contribution in [3.63, 3.8) is 0 Å². The highest BCUT2D eigenvalue weighted by atomic mass is 35.5. The van der Waals surface area contributed by atoms with Crippen molar-refractivity contribution in [2.45, 2.75) is 0 Å². The maximum absolute atomic E-state index is 12.5. The lowest BCUT2D eigenvalue weighted by Crippen LogP contribution is -1.92. The molecule has 0 saturated heterocycles. The van der Waals surface area contributed by atoms with Gasteiger partial charge in [-0.15, -0.1) is 0 Å². The summed E-state index contributed by atoms with van der Waals surface area (Å²) in [5.41, 5.74) is 0.205. The Morgan fingerprint density at radius 2 is 2.18 bits per heavy atom. The van der Waals surface area contributed by atoms with E-state index in [9.17, 15) is 9.18 Å². The summed E-state index contributed by atoms with van der Waals surface area (Å²) in [6.45, 7) is 4.91. The minimum Gasteiger partial charge on any atom is -0.294 e. The van der Waals surface area contributed by atoms with Crippen LogP contribution in [-0.4, -0.2) is 5.78 Å². The van der Waals surface area contributed by atoms with Gasteiger partial charge in [0.05, 0.1) is 5.02 Å². The average Bonchev–Trinajstić information content (AvgIpc) is 1.94. The van der Waals surface area contributed by atoms with E-state index in [0.29, 0.717) is 0 Å². The fourth-order valence-corrected chi connectivity index (χ4v) is 0.830. The number of carbonyl (C=O) groups excluding carboxylic acids is 1. The highest BCUT2D eigenvalue weighted by Crippen LogP contribution is 2.15. The molecule has 0 aliphatic rings. The minimum atomic E-state index is -0.619. The first kappa shape index (κ1) is 8.21. The van der Waals surface area contributed by atoms with Crippen molar-refractivity contribution in [1.29, 1.82) is 0 Å². The second kappa shape index (κ2) is 3.01. The van der Waals surface area contributed by atoms with Gasteiger partial charge in [-0.1, -0.05) is 11.6 Å².